The second-order valence-corrected chi connectivity index (χ2v) is 8.04. The predicted octanol–water partition coefficient (Wildman–Crippen LogP) is 5.48. The highest BCUT2D eigenvalue weighted by molar-refractivity contribution is 5.76. The molecule has 1 fully saturated rings. The molecule has 0 N–H and O–H groups in total. The van der Waals surface area contributed by atoms with Crippen molar-refractivity contribution in [2.75, 3.05) is 13.1 Å². The Hall–Kier alpha value is -3.16. The summed E-state index contributed by atoms with van der Waals surface area (Å²) in [6.45, 7) is 1.22. The fourth-order valence-corrected chi connectivity index (χ4v) is 3.97. The van der Waals surface area contributed by atoms with E-state index in [0.717, 1.165) is 37.8 Å². The molecular formula is C24H24F3N3O2. The molecule has 8 heteroatoms. The van der Waals surface area contributed by atoms with Crippen molar-refractivity contribution in [1.29, 1.82) is 0 Å². The van der Waals surface area contributed by atoms with Crippen LogP contribution in [0.4, 0.5) is 13.2 Å². The summed E-state index contributed by atoms with van der Waals surface area (Å²) in [5.74, 6) is 0.646. The third-order valence-electron chi connectivity index (χ3n) is 5.72. The van der Waals surface area contributed by atoms with Gasteiger partial charge in [0.15, 0.2) is 0 Å². The Morgan fingerprint density at radius 2 is 1.81 bits per heavy atom. The SMILES string of the molecule is O=C(CCCc1ccccc1)N1CCCC(c2nnc(-c3ccc(C(F)(F)F)cc3)o2)C1. The number of piperidine rings is 1. The summed E-state index contributed by atoms with van der Waals surface area (Å²) < 4.78 is 44.0. The quantitative estimate of drug-likeness (QED) is 0.506. The van der Waals surface area contributed by atoms with Gasteiger partial charge in [0.25, 0.3) is 0 Å². The largest absolute Gasteiger partial charge is 0.420 e. The molecule has 1 aliphatic heterocycles. The van der Waals surface area contributed by atoms with Gasteiger partial charge in [-0.2, -0.15) is 13.2 Å². The van der Waals surface area contributed by atoms with Crippen molar-refractivity contribution in [2.24, 2.45) is 0 Å². The molecule has 3 aromatic rings. The van der Waals surface area contributed by atoms with Crippen molar-refractivity contribution in [3.05, 3.63) is 71.6 Å². The number of aromatic nitrogens is 2. The van der Waals surface area contributed by atoms with Crippen LogP contribution in [0.5, 0.6) is 0 Å². The summed E-state index contributed by atoms with van der Waals surface area (Å²) in [5, 5.41) is 8.11. The number of hydrogen-bond acceptors (Lipinski definition) is 4. The van der Waals surface area contributed by atoms with Gasteiger partial charge in [-0.25, -0.2) is 0 Å². The van der Waals surface area contributed by atoms with E-state index in [0.29, 0.717) is 31.0 Å². The summed E-state index contributed by atoms with van der Waals surface area (Å²) in [6.07, 6.45) is -0.581. The van der Waals surface area contributed by atoms with Crippen LogP contribution in [-0.2, 0) is 17.4 Å². The molecular weight excluding hydrogens is 419 g/mol. The van der Waals surface area contributed by atoms with E-state index in [-0.39, 0.29) is 17.7 Å². The van der Waals surface area contributed by atoms with Gasteiger partial charge in [0.1, 0.15) is 0 Å². The van der Waals surface area contributed by atoms with Crippen LogP contribution in [0.2, 0.25) is 0 Å². The lowest BCUT2D eigenvalue weighted by molar-refractivity contribution is -0.137. The van der Waals surface area contributed by atoms with Crippen molar-refractivity contribution in [2.45, 2.75) is 44.2 Å². The molecule has 1 amide bonds. The Balaban J connectivity index is 1.34. The third kappa shape index (κ3) is 5.36. The van der Waals surface area contributed by atoms with Gasteiger partial charge in [0, 0.05) is 25.1 Å². The molecule has 1 saturated heterocycles. The van der Waals surface area contributed by atoms with Crippen molar-refractivity contribution >= 4 is 5.91 Å². The summed E-state index contributed by atoms with van der Waals surface area (Å²) >= 11 is 0. The number of aryl methyl sites for hydroxylation is 1. The molecule has 0 saturated carbocycles. The van der Waals surface area contributed by atoms with Crippen LogP contribution in [0, 0.1) is 0 Å². The molecule has 32 heavy (non-hydrogen) atoms. The van der Waals surface area contributed by atoms with Gasteiger partial charge >= 0.3 is 6.18 Å². The van der Waals surface area contributed by atoms with E-state index in [2.05, 4.69) is 22.3 Å². The zero-order valence-corrected chi connectivity index (χ0v) is 17.5. The van der Waals surface area contributed by atoms with Gasteiger partial charge in [-0.3, -0.25) is 4.79 Å². The van der Waals surface area contributed by atoms with Crippen LogP contribution in [0.25, 0.3) is 11.5 Å². The van der Waals surface area contributed by atoms with E-state index in [9.17, 15) is 18.0 Å². The molecule has 2 heterocycles. The fraction of sp³-hybridized carbons (Fsp3) is 0.375. The molecule has 1 aromatic heterocycles. The minimum absolute atomic E-state index is 0.0717. The molecule has 168 valence electrons. The minimum atomic E-state index is -4.39. The number of rotatable bonds is 6. The van der Waals surface area contributed by atoms with Gasteiger partial charge in [-0.05, 0) is 55.5 Å². The van der Waals surface area contributed by atoms with E-state index in [1.54, 1.807) is 0 Å². The number of likely N-dealkylation sites (tertiary alicyclic amines) is 1. The normalized spacial score (nSPS) is 16.8. The number of carbonyl (C=O) groups is 1. The van der Waals surface area contributed by atoms with Crippen LogP contribution in [0.1, 0.15) is 48.6 Å². The maximum absolute atomic E-state index is 12.8. The van der Waals surface area contributed by atoms with Gasteiger partial charge in [0.2, 0.25) is 17.7 Å². The van der Waals surface area contributed by atoms with Crippen LogP contribution in [-0.4, -0.2) is 34.1 Å². The summed E-state index contributed by atoms with van der Waals surface area (Å²) in [5.41, 5.74) is 0.926. The molecule has 4 rings (SSSR count). The second-order valence-electron chi connectivity index (χ2n) is 8.04. The first-order chi connectivity index (χ1) is 15.4. The number of hydrogen-bond donors (Lipinski definition) is 0. The van der Waals surface area contributed by atoms with Gasteiger partial charge in [-0.15, -0.1) is 10.2 Å². The smallest absolute Gasteiger partial charge is 0.416 e. The molecule has 0 aliphatic carbocycles. The summed E-state index contributed by atoms with van der Waals surface area (Å²) in [4.78, 5) is 14.5. The molecule has 1 atom stereocenters. The van der Waals surface area contributed by atoms with Crippen molar-refractivity contribution in [3.63, 3.8) is 0 Å². The average molecular weight is 443 g/mol. The Bertz CT molecular complexity index is 1030. The van der Waals surface area contributed by atoms with Crippen LogP contribution in [0.15, 0.2) is 59.0 Å². The minimum Gasteiger partial charge on any atom is -0.420 e. The topological polar surface area (TPSA) is 59.2 Å². The van der Waals surface area contributed by atoms with Crippen LogP contribution < -0.4 is 0 Å². The van der Waals surface area contributed by atoms with Crippen molar-refractivity contribution < 1.29 is 22.4 Å². The van der Waals surface area contributed by atoms with E-state index in [4.69, 9.17) is 4.42 Å². The number of amides is 1. The molecule has 5 nitrogen and oxygen atoms in total. The third-order valence-corrected chi connectivity index (χ3v) is 5.72. The maximum Gasteiger partial charge on any atom is 0.416 e. The highest BCUT2D eigenvalue weighted by Gasteiger charge is 2.31. The van der Waals surface area contributed by atoms with Gasteiger partial charge in [0.05, 0.1) is 11.5 Å². The molecule has 2 aromatic carbocycles. The number of benzene rings is 2. The van der Waals surface area contributed by atoms with E-state index < -0.39 is 11.7 Å². The molecule has 0 bridgehead atoms. The Morgan fingerprint density at radius 3 is 2.53 bits per heavy atom. The summed E-state index contributed by atoms with van der Waals surface area (Å²) in [7, 11) is 0. The zero-order chi connectivity index (χ0) is 22.6. The lowest BCUT2D eigenvalue weighted by Crippen LogP contribution is -2.39. The van der Waals surface area contributed by atoms with E-state index >= 15 is 0 Å². The Morgan fingerprint density at radius 1 is 1.06 bits per heavy atom. The van der Waals surface area contributed by atoms with Crippen LogP contribution >= 0.6 is 0 Å². The maximum atomic E-state index is 12.8. The number of carbonyl (C=O) groups excluding carboxylic acids is 1. The Kier molecular flexibility index (Phi) is 6.58. The highest BCUT2D eigenvalue weighted by Crippen LogP contribution is 2.32. The standard InChI is InChI=1S/C24H24F3N3O2/c25-24(26,27)20-13-11-18(12-14-20)22-28-29-23(32-22)19-9-5-15-30(16-19)21(31)10-4-8-17-6-2-1-3-7-17/h1-3,6-7,11-14,19H,4-5,8-10,15-16H2. The molecule has 0 spiro atoms. The predicted molar refractivity (Wildman–Crippen MR) is 113 cm³/mol. The monoisotopic (exact) mass is 443 g/mol. The van der Waals surface area contributed by atoms with Crippen LogP contribution in [0.3, 0.4) is 0 Å². The second kappa shape index (κ2) is 9.54. The van der Waals surface area contributed by atoms with Gasteiger partial charge < -0.3 is 9.32 Å². The average Bonchev–Trinajstić information content (AvgIpc) is 3.30. The zero-order valence-electron chi connectivity index (χ0n) is 17.5. The molecule has 1 aliphatic rings. The fourth-order valence-electron chi connectivity index (χ4n) is 3.97. The number of halogens is 3. The van der Waals surface area contributed by atoms with E-state index in [1.165, 1.54) is 17.7 Å². The Labute approximate surface area is 184 Å². The highest BCUT2D eigenvalue weighted by atomic mass is 19.4. The molecule has 0 radical (unpaired) electrons. The summed E-state index contributed by atoms with van der Waals surface area (Å²) in [6, 6.07) is 14.7. The first kappa shape index (κ1) is 22.0. The first-order valence-electron chi connectivity index (χ1n) is 10.7. The lowest BCUT2D eigenvalue weighted by atomic mass is 9.97. The van der Waals surface area contributed by atoms with E-state index in [1.807, 2.05) is 23.1 Å². The van der Waals surface area contributed by atoms with Gasteiger partial charge in [-0.1, -0.05) is 30.3 Å². The van der Waals surface area contributed by atoms with Crippen molar-refractivity contribution in [1.82, 2.24) is 15.1 Å². The number of nitrogens with zero attached hydrogens (tertiary/aromatic N) is 3. The molecule has 1 unspecified atom stereocenters. The van der Waals surface area contributed by atoms with Crippen molar-refractivity contribution in [3.8, 4) is 11.5 Å². The number of alkyl halides is 3. The lowest BCUT2D eigenvalue weighted by Gasteiger charge is -2.31. The first-order valence-corrected chi connectivity index (χ1v) is 10.7.